The average molecular weight is 287 g/mol. The van der Waals surface area contributed by atoms with E-state index in [0.29, 0.717) is 5.92 Å². The smallest absolute Gasteiger partial charge is 0.123 e. The van der Waals surface area contributed by atoms with Crippen molar-refractivity contribution in [3.63, 3.8) is 0 Å². The zero-order valence-electron chi connectivity index (χ0n) is 12.6. The van der Waals surface area contributed by atoms with Crippen LogP contribution in [0.1, 0.15) is 11.1 Å². The highest BCUT2D eigenvalue weighted by atomic mass is 19.1. The quantitative estimate of drug-likeness (QED) is 0.842. The molecule has 2 nitrogen and oxygen atoms in total. The number of rotatable bonds is 7. The molecular weight excluding hydrogens is 265 g/mol. The number of benzene rings is 2. The molecule has 2 aromatic carbocycles. The molecule has 0 aliphatic heterocycles. The lowest BCUT2D eigenvalue weighted by atomic mass is 9.92. The minimum absolute atomic E-state index is 0.173. The van der Waals surface area contributed by atoms with Gasteiger partial charge >= 0.3 is 0 Å². The van der Waals surface area contributed by atoms with E-state index in [0.717, 1.165) is 30.7 Å². The van der Waals surface area contributed by atoms with Gasteiger partial charge in [-0.15, -0.1) is 0 Å². The Morgan fingerprint density at radius 1 is 1.10 bits per heavy atom. The fourth-order valence-corrected chi connectivity index (χ4v) is 2.69. The molecule has 0 spiro atoms. The minimum Gasteiger partial charge on any atom is -0.496 e. The summed E-state index contributed by atoms with van der Waals surface area (Å²) >= 11 is 0. The molecule has 0 aliphatic carbocycles. The minimum atomic E-state index is -0.173. The van der Waals surface area contributed by atoms with Crippen LogP contribution in [0.3, 0.4) is 0 Å². The van der Waals surface area contributed by atoms with Crippen molar-refractivity contribution in [2.24, 2.45) is 5.92 Å². The molecule has 2 rings (SSSR count). The van der Waals surface area contributed by atoms with Gasteiger partial charge in [0.1, 0.15) is 11.6 Å². The summed E-state index contributed by atoms with van der Waals surface area (Å²) in [5.41, 5.74) is 2.22. The Morgan fingerprint density at radius 2 is 1.90 bits per heavy atom. The van der Waals surface area contributed by atoms with Crippen molar-refractivity contribution >= 4 is 0 Å². The van der Waals surface area contributed by atoms with Gasteiger partial charge in [-0.3, -0.25) is 0 Å². The SMILES string of the molecule is CNCC(Cc1cccc(F)c1)Cc1ccccc1OC. The normalized spacial score (nSPS) is 12.1. The van der Waals surface area contributed by atoms with Gasteiger partial charge in [0.05, 0.1) is 7.11 Å². The molecule has 0 amide bonds. The van der Waals surface area contributed by atoms with Crippen molar-refractivity contribution in [2.75, 3.05) is 20.7 Å². The molecule has 3 heteroatoms. The van der Waals surface area contributed by atoms with Crippen LogP contribution in [0, 0.1) is 11.7 Å². The zero-order valence-corrected chi connectivity index (χ0v) is 12.6. The Bertz CT molecular complexity index is 571. The third-order valence-electron chi connectivity index (χ3n) is 3.61. The Morgan fingerprint density at radius 3 is 2.62 bits per heavy atom. The second kappa shape index (κ2) is 7.79. The Balaban J connectivity index is 2.11. The first-order valence-corrected chi connectivity index (χ1v) is 7.24. The van der Waals surface area contributed by atoms with Gasteiger partial charge in [0, 0.05) is 0 Å². The predicted molar refractivity (Wildman–Crippen MR) is 84.2 cm³/mol. The van der Waals surface area contributed by atoms with Crippen LogP contribution >= 0.6 is 0 Å². The number of hydrogen-bond donors (Lipinski definition) is 1. The third kappa shape index (κ3) is 4.57. The summed E-state index contributed by atoms with van der Waals surface area (Å²) in [6, 6.07) is 14.9. The van der Waals surface area contributed by atoms with Crippen LogP contribution < -0.4 is 10.1 Å². The zero-order chi connectivity index (χ0) is 15.1. The van der Waals surface area contributed by atoms with Crippen molar-refractivity contribution in [3.05, 3.63) is 65.5 Å². The average Bonchev–Trinajstić information content (AvgIpc) is 2.48. The van der Waals surface area contributed by atoms with Crippen molar-refractivity contribution in [1.29, 1.82) is 0 Å². The lowest BCUT2D eigenvalue weighted by Crippen LogP contribution is -2.23. The summed E-state index contributed by atoms with van der Waals surface area (Å²) in [7, 11) is 3.64. The van der Waals surface area contributed by atoms with E-state index in [1.165, 1.54) is 11.6 Å². The maximum atomic E-state index is 13.3. The molecule has 1 atom stereocenters. The molecular formula is C18H22FNO. The van der Waals surface area contributed by atoms with Crippen molar-refractivity contribution in [2.45, 2.75) is 12.8 Å². The molecule has 0 saturated heterocycles. The molecule has 0 aromatic heterocycles. The van der Waals surface area contributed by atoms with Gasteiger partial charge in [0.25, 0.3) is 0 Å². The molecule has 0 fully saturated rings. The first-order chi connectivity index (χ1) is 10.2. The van der Waals surface area contributed by atoms with Crippen LogP contribution in [-0.2, 0) is 12.8 Å². The van der Waals surface area contributed by atoms with Gasteiger partial charge in [-0.1, -0.05) is 30.3 Å². The first-order valence-electron chi connectivity index (χ1n) is 7.24. The Hall–Kier alpha value is -1.87. The summed E-state index contributed by atoms with van der Waals surface area (Å²) in [4.78, 5) is 0. The molecule has 21 heavy (non-hydrogen) atoms. The Labute approximate surface area is 126 Å². The van der Waals surface area contributed by atoms with E-state index >= 15 is 0 Å². The van der Waals surface area contributed by atoms with Crippen LogP contribution in [0.4, 0.5) is 4.39 Å². The monoisotopic (exact) mass is 287 g/mol. The molecule has 112 valence electrons. The van der Waals surface area contributed by atoms with E-state index in [2.05, 4.69) is 11.4 Å². The van der Waals surface area contributed by atoms with Crippen LogP contribution in [0.15, 0.2) is 48.5 Å². The lowest BCUT2D eigenvalue weighted by molar-refractivity contribution is 0.401. The van der Waals surface area contributed by atoms with Crippen LogP contribution in [0.25, 0.3) is 0 Å². The Kier molecular flexibility index (Phi) is 5.76. The fraction of sp³-hybridized carbons (Fsp3) is 0.333. The van der Waals surface area contributed by atoms with Crippen LogP contribution in [0.5, 0.6) is 5.75 Å². The van der Waals surface area contributed by atoms with E-state index in [4.69, 9.17) is 4.74 Å². The third-order valence-corrected chi connectivity index (χ3v) is 3.61. The molecule has 0 aliphatic rings. The van der Waals surface area contributed by atoms with E-state index in [-0.39, 0.29) is 5.82 Å². The maximum absolute atomic E-state index is 13.3. The van der Waals surface area contributed by atoms with Crippen molar-refractivity contribution in [3.8, 4) is 5.75 Å². The number of methoxy groups -OCH3 is 1. The number of para-hydroxylation sites is 1. The van der Waals surface area contributed by atoms with Gasteiger partial charge in [-0.05, 0) is 61.7 Å². The molecule has 0 heterocycles. The van der Waals surface area contributed by atoms with Crippen molar-refractivity contribution < 1.29 is 9.13 Å². The van der Waals surface area contributed by atoms with Gasteiger partial charge in [-0.25, -0.2) is 4.39 Å². The number of halogens is 1. The topological polar surface area (TPSA) is 21.3 Å². The molecule has 1 N–H and O–H groups in total. The second-order valence-corrected chi connectivity index (χ2v) is 5.27. The van der Waals surface area contributed by atoms with E-state index in [1.54, 1.807) is 19.2 Å². The highest BCUT2D eigenvalue weighted by molar-refractivity contribution is 5.33. The van der Waals surface area contributed by atoms with Gasteiger partial charge in [0.2, 0.25) is 0 Å². The van der Waals surface area contributed by atoms with Gasteiger partial charge in [0.15, 0.2) is 0 Å². The molecule has 1 unspecified atom stereocenters. The first kappa shape index (κ1) is 15.5. The molecule has 2 aromatic rings. The van der Waals surface area contributed by atoms with Gasteiger partial charge < -0.3 is 10.1 Å². The lowest BCUT2D eigenvalue weighted by Gasteiger charge is -2.18. The summed E-state index contributed by atoms with van der Waals surface area (Å²) < 4.78 is 18.7. The molecule has 0 bridgehead atoms. The summed E-state index contributed by atoms with van der Waals surface area (Å²) in [5.74, 6) is 1.14. The summed E-state index contributed by atoms with van der Waals surface area (Å²) in [5, 5.41) is 3.23. The van der Waals surface area contributed by atoms with Crippen LogP contribution in [-0.4, -0.2) is 20.7 Å². The molecule has 0 radical (unpaired) electrons. The highest BCUT2D eigenvalue weighted by Crippen LogP contribution is 2.22. The van der Waals surface area contributed by atoms with Crippen molar-refractivity contribution in [1.82, 2.24) is 5.32 Å². The maximum Gasteiger partial charge on any atom is 0.123 e. The predicted octanol–water partition coefficient (Wildman–Crippen LogP) is 3.46. The number of ether oxygens (including phenoxy) is 1. The largest absolute Gasteiger partial charge is 0.496 e. The standard InChI is InChI=1S/C18H22FNO/c1-20-13-15(10-14-6-5-8-17(19)12-14)11-16-7-3-4-9-18(16)21-2/h3-9,12,15,20H,10-11,13H2,1-2H3. The highest BCUT2D eigenvalue weighted by Gasteiger charge is 2.13. The fourth-order valence-electron chi connectivity index (χ4n) is 2.69. The second-order valence-electron chi connectivity index (χ2n) is 5.27. The van der Waals surface area contributed by atoms with E-state index in [9.17, 15) is 4.39 Å². The molecule has 0 saturated carbocycles. The van der Waals surface area contributed by atoms with E-state index < -0.39 is 0 Å². The number of hydrogen-bond acceptors (Lipinski definition) is 2. The summed E-state index contributed by atoms with van der Waals surface area (Å²) in [6.07, 6.45) is 1.75. The number of nitrogens with one attached hydrogen (secondary N) is 1. The van der Waals surface area contributed by atoms with E-state index in [1.807, 2.05) is 31.3 Å². The summed E-state index contributed by atoms with van der Waals surface area (Å²) in [6.45, 7) is 0.883. The van der Waals surface area contributed by atoms with Crippen LogP contribution in [0.2, 0.25) is 0 Å². The van der Waals surface area contributed by atoms with Gasteiger partial charge in [-0.2, -0.15) is 0 Å².